The summed E-state index contributed by atoms with van der Waals surface area (Å²) in [4.78, 5) is 0. The molecule has 0 saturated heterocycles. The van der Waals surface area contributed by atoms with Gasteiger partial charge in [0.25, 0.3) is 0 Å². The van der Waals surface area contributed by atoms with Crippen LogP contribution in [0.5, 0.6) is 0 Å². The molecule has 0 heterocycles. The van der Waals surface area contributed by atoms with E-state index in [1.807, 2.05) is 0 Å². The third-order valence-electron chi connectivity index (χ3n) is 3.24. The molecule has 1 saturated carbocycles. The molecule has 0 aliphatic heterocycles. The van der Waals surface area contributed by atoms with Crippen molar-refractivity contribution in [3.8, 4) is 0 Å². The number of ether oxygens (including phenoxy) is 1. The van der Waals surface area contributed by atoms with E-state index in [-0.39, 0.29) is 0 Å². The predicted molar refractivity (Wildman–Crippen MR) is 60.4 cm³/mol. The van der Waals surface area contributed by atoms with Gasteiger partial charge in [0.05, 0.1) is 6.61 Å². The highest BCUT2D eigenvalue weighted by Crippen LogP contribution is 2.32. The van der Waals surface area contributed by atoms with Crippen molar-refractivity contribution in [1.82, 2.24) is 0 Å². The van der Waals surface area contributed by atoms with Crippen LogP contribution in [0.1, 0.15) is 39.5 Å². The van der Waals surface area contributed by atoms with Crippen LogP contribution < -0.4 is 0 Å². The maximum absolute atomic E-state index is 5.77. The maximum Gasteiger partial charge on any atom is 0.0530 e. The van der Waals surface area contributed by atoms with Crippen LogP contribution in [0.3, 0.4) is 0 Å². The smallest absolute Gasteiger partial charge is 0.0530 e. The van der Waals surface area contributed by atoms with Gasteiger partial charge in [-0.25, -0.2) is 0 Å². The number of alkyl halides is 1. The number of rotatable bonds is 7. The average molecular weight is 249 g/mol. The van der Waals surface area contributed by atoms with Gasteiger partial charge < -0.3 is 4.74 Å². The van der Waals surface area contributed by atoms with Gasteiger partial charge in [0.1, 0.15) is 0 Å². The lowest BCUT2D eigenvalue weighted by Crippen LogP contribution is -2.27. The standard InChI is InChI=1S/C11H21BrO/c1-3-11(4-2,8-12)9-13-7-10-5-6-10/h10H,3-9H2,1-2H3. The van der Waals surface area contributed by atoms with Gasteiger partial charge in [-0.2, -0.15) is 0 Å². The van der Waals surface area contributed by atoms with Crippen LogP contribution in [0, 0.1) is 11.3 Å². The lowest BCUT2D eigenvalue weighted by molar-refractivity contribution is 0.0457. The Morgan fingerprint density at radius 3 is 2.31 bits per heavy atom. The SMILES string of the molecule is CCC(CC)(CBr)COCC1CC1. The second-order valence-corrected chi connectivity index (χ2v) is 4.86. The summed E-state index contributed by atoms with van der Waals surface area (Å²) >= 11 is 3.60. The second-order valence-electron chi connectivity index (χ2n) is 4.30. The first kappa shape index (κ1) is 11.5. The Balaban J connectivity index is 2.19. The molecular formula is C11H21BrO. The third kappa shape index (κ3) is 3.59. The van der Waals surface area contributed by atoms with Gasteiger partial charge in [0, 0.05) is 17.4 Å². The van der Waals surface area contributed by atoms with Gasteiger partial charge >= 0.3 is 0 Å². The van der Waals surface area contributed by atoms with Crippen molar-refractivity contribution >= 4 is 15.9 Å². The minimum atomic E-state index is 0.384. The van der Waals surface area contributed by atoms with Crippen LogP contribution in [0.15, 0.2) is 0 Å². The van der Waals surface area contributed by atoms with Crippen molar-refractivity contribution < 1.29 is 4.74 Å². The van der Waals surface area contributed by atoms with Crippen LogP contribution in [0.2, 0.25) is 0 Å². The van der Waals surface area contributed by atoms with E-state index < -0.39 is 0 Å². The van der Waals surface area contributed by atoms with Crippen molar-refractivity contribution in [2.45, 2.75) is 39.5 Å². The predicted octanol–water partition coefficient (Wildman–Crippen LogP) is 3.61. The third-order valence-corrected chi connectivity index (χ3v) is 4.43. The molecule has 2 heteroatoms. The Hall–Kier alpha value is 0.440. The molecule has 0 unspecified atom stereocenters. The molecule has 78 valence electrons. The lowest BCUT2D eigenvalue weighted by Gasteiger charge is -2.29. The Labute approximate surface area is 90.4 Å². The van der Waals surface area contributed by atoms with Crippen LogP contribution in [-0.2, 0) is 4.74 Å². The highest BCUT2D eigenvalue weighted by atomic mass is 79.9. The van der Waals surface area contributed by atoms with Crippen molar-refractivity contribution in [2.75, 3.05) is 18.5 Å². The van der Waals surface area contributed by atoms with Gasteiger partial charge in [-0.1, -0.05) is 29.8 Å². The summed E-state index contributed by atoms with van der Waals surface area (Å²) in [6.45, 7) is 6.44. The van der Waals surface area contributed by atoms with Crippen molar-refractivity contribution in [3.05, 3.63) is 0 Å². The highest BCUT2D eigenvalue weighted by molar-refractivity contribution is 9.09. The molecular weight excluding hydrogens is 228 g/mol. The topological polar surface area (TPSA) is 9.23 Å². The molecule has 0 aromatic rings. The van der Waals surface area contributed by atoms with E-state index >= 15 is 0 Å². The van der Waals surface area contributed by atoms with Crippen molar-refractivity contribution in [2.24, 2.45) is 11.3 Å². The molecule has 0 aromatic carbocycles. The molecule has 0 spiro atoms. The number of hydrogen-bond donors (Lipinski definition) is 0. The van der Waals surface area contributed by atoms with Gasteiger partial charge in [-0.3, -0.25) is 0 Å². The zero-order valence-corrected chi connectivity index (χ0v) is 10.4. The first-order valence-electron chi connectivity index (χ1n) is 5.40. The number of hydrogen-bond acceptors (Lipinski definition) is 1. The largest absolute Gasteiger partial charge is 0.381 e. The van der Waals surface area contributed by atoms with E-state index in [4.69, 9.17) is 4.74 Å². The van der Waals surface area contributed by atoms with E-state index in [0.29, 0.717) is 5.41 Å². The fourth-order valence-corrected chi connectivity index (χ4v) is 2.36. The second kappa shape index (κ2) is 5.35. The van der Waals surface area contributed by atoms with Gasteiger partial charge in [-0.15, -0.1) is 0 Å². The van der Waals surface area contributed by atoms with Crippen LogP contribution in [-0.4, -0.2) is 18.5 Å². The summed E-state index contributed by atoms with van der Waals surface area (Å²) in [7, 11) is 0. The van der Waals surface area contributed by atoms with E-state index in [1.165, 1.54) is 25.7 Å². The average Bonchev–Trinajstić information content (AvgIpc) is 2.97. The first-order chi connectivity index (χ1) is 6.26. The summed E-state index contributed by atoms with van der Waals surface area (Å²) in [6.07, 6.45) is 5.19. The Bertz CT molecular complexity index is 131. The Kier molecular flexibility index (Phi) is 4.74. The summed E-state index contributed by atoms with van der Waals surface area (Å²) in [5.41, 5.74) is 0.384. The minimum absolute atomic E-state index is 0.384. The molecule has 1 aliphatic carbocycles. The van der Waals surface area contributed by atoms with Gasteiger partial charge in [-0.05, 0) is 31.6 Å². The van der Waals surface area contributed by atoms with E-state index in [2.05, 4.69) is 29.8 Å². The van der Waals surface area contributed by atoms with Crippen molar-refractivity contribution in [1.29, 1.82) is 0 Å². The molecule has 0 bridgehead atoms. The lowest BCUT2D eigenvalue weighted by atomic mass is 9.86. The normalized spacial score (nSPS) is 17.8. The fourth-order valence-electron chi connectivity index (χ4n) is 1.41. The maximum atomic E-state index is 5.77. The summed E-state index contributed by atoms with van der Waals surface area (Å²) < 4.78 is 5.77. The molecule has 1 rings (SSSR count). The quantitative estimate of drug-likeness (QED) is 0.626. The zero-order chi connectivity index (χ0) is 9.73. The molecule has 0 aromatic heterocycles. The van der Waals surface area contributed by atoms with Gasteiger partial charge in [0.2, 0.25) is 0 Å². The molecule has 13 heavy (non-hydrogen) atoms. The molecule has 0 amide bonds. The number of halogens is 1. The Morgan fingerprint density at radius 2 is 1.92 bits per heavy atom. The van der Waals surface area contributed by atoms with E-state index in [9.17, 15) is 0 Å². The molecule has 1 nitrogen and oxygen atoms in total. The van der Waals surface area contributed by atoms with Crippen molar-refractivity contribution in [3.63, 3.8) is 0 Å². The Morgan fingerprint density at radius 1 is 1.31 bits per heavy atom. The first-order valence-corrected chi connectivity index (χ1v) is 6.52. The van der Waals surface area contributed by atoms with E-state index in [0.717, 1.165) is 24.5 Å². The summed E-state index contributed by atoms with van der Waals surface area (Å²) in [6, 6.07) is 0. The summed E-state index contributed by atoms with van der Waals surface area (Å²) in [5.74, 6) is 0.890. The van der Waals surface area contributed by atoms with E-state index in [1.54, 1.807) is 0 Å². The van der Waals surface area contributed by atoms with Crippen LogP contribution >= 0.6 is 15.9 Å². The molecule has 0 N–H and O–H groups in total. The highest BCUT2D eigenvalue weighted by Gasteiger charge is 2.27. The van der Waals surface area contributed by atoms with Gasteiger partial charge in [0.15, 0.2) is 0 Å². The molecule has 1 aliphatic rings. The van der Waals surface area contributed by atoms with Crippen LogP contribution in [0.4, 0.5) is 0 Å². The molecule has 0 radical (unpaired) electrons. The fraction of sp³-hybridized carbons (Fsp3) is 1.00. The zero-order valence-electron chi connectivity index (χ0n) is 8.81. The minimum Gasteiger partial charge on any atom is -0.381 e. The summed E-state index contributed by atoms with van der Waals surface area (Å²) in [5, 5.41) is 1.07. The molecule has 1 fully saturated rings. The monoisotopic (exact) mass is 248 g/mol. The van der Waals surface area contributed by atoms with Crippen LogP contribution in [0.25, 0.3) is 0 Å². The molecule has 0 atom stereocenters.